The van der Waals surface area contributed by atoms with Crippen molar-refractivity contribution in [2.24, 2.45) is 0 Å². The van der Waals surface area contributed by atoms with Crippen LogP contribution >= 0.6 is 0 Å². The van der Waals surface area contributed by atoms with E-state index in [1.807, 2.05) is 6.07 Å². The first kappa shape index (κ1) is 14.6. The second-order valence-electron chi connectivity index (χ2n) is 5.26. The van der Waals surface area contributed by atoms with Crippen molar-refractivity contribution in [2.75, 3.05) is 11.1 Å². The number of amides is 1. The van der Waals surface area contributed by atoms with Gasteiger partial charge in [-0.05, 0) is 55.5 Å². The molecule has 0 spiro atoms. The number of fused-ring (bicyclic) bond motifs is 1. The van der Waals surface area contributed by atoms with Gasteiger partial charge < -0.3 is 21.0 Å². The van der Waals surface area contributed by atoms with Crippen molar-refractivity contribution in [1.82, 2.24) is 9.97 Å². The topological polar surface area (TPSA) is 104 Å². The number of nitrogens with one attached hydrogen (secondary N) is 3. The fraction of sp³-hybridized carbons (Fsp3) is 0.0588. The van der Waals surface area contributed by atoms with Gasteiger partial charge in [-0.2, -0.15) is 0 Å². The largest absolute Gasteiger partial charge is 0.399 e. The van der Waals surface area contributed by atoms with Crippen LogP contribution < -0.4 is 11.1 Å². The second kappa shape index (κ2) is 5.84. The number of hydrogen-bond acceptors (Lipinski definition) is 3. The molecule has 3 aromatic rings. The maximum atomic E-state index is 12.2. The van der Waals surface area contributed by atoms with Gasteiger partial charge in [0.05, 0.1) is 0 Å². The molecule has 0 atom stereocenters. The molecule has 0 saturated heterocycles. The van der Waals surface area contributed by atoms with Crippen LogP contribution in [0, 0.1) is 0 Å². The summed E-state index contributed by atoms with van der Waals surface area (Å²) >= 11 is 0. The lowest BCUT2D eigenvalue weighted by atomic mass is 10.2. The molecule has 3 rings (SSSR count). The number of nitrogens with two attached hydrogens (primary N) is 1. The predicted molar refractivity (Wildman–Crippen MR) is 91.2 cm³/mol. The zero-order valence-electron chi connectivity index (χ0n) is 12.5. The molecular weight excluding hydrogens is 292 g/mol. The van der Waals surface area contributed by atoms with E-state index in [2.05, 4.69) is 15.3 Å². The van der Waals surface area contributed by atoms with Crippen molar-refractivity contribution < 1.29 is 9.59 Å². The molecule has 0 aliphatic carbocycles. The van der Waals surface area contributed by atoms with Gasteiger partial charge in [0.25, 0.3) is 5.91 Å². The molecule has 6 nitrogen and oxygen atoms in total. The van der Waals surface area contributed by atoms with E-state index >= 15 is 0 Å². The monoisotopic (exact) mass is 308 g/mol. The van der Waals surface area contributed by atoms with Gasteiger partial charge in [0.15, 0.2) is 5.78 Å². The maximum absolute atomic E-state index is 12.2. The third-order valence-electron chi connectivity index (χ3n) is 3.34. The lowest BCUT2D eigenvalue weighted by Crippen LogP contribution is -2.12. The summed E-state index contributed by atoms with van der Waals surface area (Å²) in [6, 6.07) is 10.6. The Balaban J connectivity index is 1.77. The molecule has 1 aromatic carbocycles. The minimum atomic E-state index is -0.236. The van der Waals surface area contributed by atoms with Crippen LogP contribution in [0.1, 0.15) is 23.1 Å². The average molecular weight is 308 g/mol. The van der Waals surface area contributed by atoms with Gasteiger partial charge in [-0.15, -0.1) is 0 Å². The molecule has 5 N–H and O–H groups in total. The van der Waals surface area contributed by atoms with E-state index in [1.54, 1.807) is 36.4 Å². The number of aromatic nitrogens is 2. The molecule has 2 aromatic heterocycles. The zero-order chi connectivity index (χ0) is 16.4. The van der Waals surface area contributed by atoms with E-state index in [0.29, 0.717) is 17.1 Å². The zero-order valence-corrected chi connectivity index (χ0v) is 12.5. The van der Waals surface area contributed by atoms with Crippen LogP contribution in [-0.4, -0.2) is 21.7 Å². The first-order valence-electron chi connectivity index (χ1n) is 7.08. The van der Waals surface area contributed by atoms with Crippen LogP contribution in [-0.2, 0) is 4.79 Å². The molecule has 0 fully saturated rings. The molecule has 2 heterocycles. The number of hydrogen-bond donors (Lipinski definition) is 4. The molecule has 0 radical (unpaired) electrons. The predicted octanol–water partition coefficient (Wildman–Crippen LogP) is 2.93. The summed E-state index contributed by atoms with van der Waals surface area (Å²) in [5, 5.41) is 3.66. The number of H-pyrrole nitrogens is 2. The van der Waals surface area contributed by atoms with Crippen LogP contribution in [0.5, 0.6) is 0 Å². The van der Waals surface area contributed by atoms with Crippen molar-refractivity contribution in [3.63, 3.8) is 0 Å². The normalized spacial score (nSPS) is 11.2. The Morgan fingerprint density at radius 3 is 2.52 bits per heavy atom. The SMILES string of the molecule is CC(=O)C=Cc1cc2cc(C(=O)Nc3ccc(N)cc3)[nH]c2[nH]1. The molecular formula is C17H16N4O2. The Morgan fingerprint density at radius 1 is 1.13 bits per heavy atom. The molecule has 0 aliphatic heterocycles. The fourth-order valence-electron chi connectivity index (χ4n) is 2.22. The van der Waals surface area contributed by atoms with E-state index in [-0.39, 0.29) is 11.7 Å². The fourth-order valence-corrected chi connectivity index (χ4v) is 2.22. The highest BCUT2D eigenvalue weighted by molar-refractivity contribution is 6.06. The smallest absolute Gasteiger partial charge is 0.272 e. The van der Waals surface area contributed by atoms with E-state index in [4.69, 9.17) is 5.73 Å². The van der Waals surface area contributed by atoms with Gasteiger partial charge in [0, 0.05) is 22.5 Å². The number of anilines is 2. The van der Waals surface area contributed by atoms with Crippen molar-refractivity contribution in [3.05, 3.63) is 53.9 Å². The number of nitrogen functional groups attached to an aromatic ring is 1. The number of allylic oxidation sites excluding steroid dienone is 1. The van der Waals surface area contributed by atoms with Crippen LogP contribution in [0.3, 0.4) is 0 Å². The lowest BCUT2D eigenvalue weighted by molar-refractivity contribution is -0.112. The van der Waals surface area contributed by atoms with Gasteiger partial charge in [-0.25, -0.2) is 0 Å². The molecule has 116 valence electrons. The summed E-state index contributed by atoms with van der Waals surface area (Å²) in [4.78, 5) is 29.3. The van der Waals surface area contributed by atoms with Gasteiger partial charge in [-0.1, -0.05) is 0 Å². The Kier molecular flexibility index (Phi) is 3.72. The highest BCUT2D eigenvalue weighted by atomic mass is 16.2. The third kappa shape index (κ3) is 3.32. The Hall–Kier alpha value is -3.28. The van der Waals surface area contributed by atoms with Crippen LogP contribution in [0.4, 0.5) is 11.4 Å². The van der Waals surface area contributed by atoms with Crippen LogP contribution in [0.25, 0.3) is 17.1 Å². The lowest BCUT2D eigenvalue weighted by Gasteiger charge is -2.03. The van der Waals surface area contributed by atoms with Crippen molar-refractivity contribution >= 4 is 40.2 Å². The van der Waals surface area contributed by atoms with Crippen LogP contribution in [0.15, 0.2) is 42.5 Å². The highest BCUT2D eigenvalue weighted by Gasteiger charge is 2.11. The second-order valence-corrected chi connectivity index (χ2v) is 5.26. The number of aromatic amines is 2. The summed E-state index contributed by atoms with van der Waals surface area (Å²) in [5.41, 5.74) is 8.91. The average Bonchev–Trinajstić information content (AvgIpc) is 3.05. The molecule has 0 aliphatic rings. The number of rotatable bonds is 4. The molecule has 0 unspecified atom stereocenters. The standard InChI is InChI=1S/C17H16N4O2/c1-10(22)2-5-14-8-11-9-15(21-16(11)19-14)17(23)20-13-6-3-12(18)4-7-13/h2-9,19,21H,18H2,1H3,(H,20,23). The number of carbonyl (C=O) groups is 2. The van der Waals surface area contributed by atoms with E-state index in [0.717, 1.165) is 16.7 Å². The Labute approximate surface area is 132 Å². The number of carbonyl (C=O) groups excluding carboxylic acids is 2. The van der Waals surface area contributed by atoms with E-state index < -0.39 is 0 Å². The molecule has 23 heavy (non-hydrogen) atoms. The molecule has 0 bridgehead atoms. The highest BCUT2D eigenvalue weighted by Crippen LogP contribution is 2.19. The summed E-state index contributed by atoms with van der Waals surface area (Å²) in [6.07, 6.45) is 3.18. The summed E-state index contributed by atoms with van der Waals surface area (Å²) in [6.45, 7) is 1.49. The van der Waals surface area contributed by atoms with Crippen LogP contribution in [0.2, 0.25) is 0 Å². The Morgan fingerprint density at radius 2 is 1.87 bits per heavy atom. The minimum Gasteiger partial charge on any atom is -0.399 e. The maximum Gasteiger partial charge on any atom is 0.272 e. The summed E-state index contributed by atoms with van der Waals surface area (Å²) < 4.78 is 0. The van der Waals surface area contributed by atoms with Gasteiger partial charge in [0.1, 0.15) is 11.3 Å². The first-order valence-corrected chi connectivity index (χ1v) is 7.08. The van der Waals surface area contributed by atoms with Crippen molar-refractivity contribution in [3.8, 4) is 0 Å². The van der Waals surface area contributed by atoms with Gasteiger partial charge in [0.2, 0.25) is 0 Å². The van der Waals surface area contributed by atoms with E-state index in [9.17, 15) is 9.59 Å². The third-order valence-corrected chi connectivity index (χ3v) is 3.34. The van der Waals surface area contributed by atoms with Gasteiger partial charge >= 0.3 is 0 Å². The molecule has 6 heteroatoms. The van der Waals surface area contributed by atoms with Gasteiger partial charge in [-0.3, -0.25) is 9.59 Å². The summed E-state index contributed by atoms with van der Waals surface area (Å²) in [5.74, 6) is -0.257. The quantitative estimate of drug-likeness (QED) is 0.440. The van der Waals surface area contributed by atoms with E-state index in [1.165, 1.54) is 13.0 Å². The number of benzene rings is 1. The number of ketones is 1. The van der Waals surface area contributed by atoms with Crippen molar-refractivity contribution in [1.29, 1.82) is 0 Å². The first-order chi connectivity index (χ1) is 11.0. The Bertz CT molecular complexity index is 869. The molecule has 1 amide bonds. The van der Waals surface area contributed by atoms with Crippen molar-refractivity contribution in [2.45, 2.75) is 6.92 Å². The summed E-state index contributed by atoms with van der Waals surface area (Å²) in [7, 11) is 0. The minimum absolute atomic E-state index is 0.0215. The molecule has 0 saturated carbocycles.